The van der Waals surface area contributed by atoms with Crippen molar-refractivity contribution in [2.24, 2.45) is 5.92 Å². The number of nitro groups is 1. The second kappa shape index (κ2) is 9.31. The highest BCUT2D eigenvalue weighted by Gasteiger charge is 2.12. The molecule has 0 spiro atoms. The van der Waals surface area contributed by atoms with Gasteiger partial charge in [-0.25, -0.2) is 0 Å². The molecule has 0 saturated carbocycles. The third-order valence-corrected chi connectivity index (χ3v) is 3.27. The first kappa shape index (κ1) is 17.4. The summed E-state index contributed by atoms with van der Waals surface area (Å²) < 4.78 is 10.8. The molecule has 1 unspecified atom stereocenters. The molecule has 6 heteroatoms. The van der Waals surface area contributed by atoms with Crippen LogP contribution >= 0.6 is 0 Å². The maximum atomic E-state index is 10.9. The van der Waals surface area contributed by atoms with Crippen LogP contribution in [0.4, 0.5) is 5.69 Å². The van der Waals surface area contributed by atoms with E-state index in [-0.39, 0.29) is 5.69 Å². The van der Waals surface area contributed by atoms with E-state index in [0.717, 1.165) is 12.0 Å². The number of nitro benzene ring substituents is 1. The first-order chi connectivity index (χ1) is 10.1. The summed E-state index contributed by atoms with van der Waals surface area (Å²) in [5.74, 6) is 1.15. The molecule has 1 N–H and O–H groups in total. The van der Waals surface area contributed by atoms with E-state index in [4.69, 9.17) is 9.47 Å². The summed E-state index contributed by atoms with van der Waals surface area (Å²) in [7, 11) is 1.63. The van der Waals surface area contributed by atoms with Crippen LogP contribution in [0.15, 0.2) is 18.2 Å². The summed E-state index contributed by atoms with van der Waals surface area (Å²) in [6, 6.07) is 4.71. The number of nitrogens with one attached hydrogen (secondary N) is 1. The molecule has 118 valence electrons. The summed E-state index contributed by atoms with van der Waals surface area (Å²) >= 11 is 0. The Morgan fingerprint density at radius 2 is 2.19 bits per heavy atom. The van der Waals surface area contributed by atoms with Crippen molar-refractivity contribution in [2.75, 3.05) is 26.9 Å². The zero-order chi connectivity index (χ0) is 15.7. The van der Waals surface area contributed by atoms with E-state index in [1.54, 1.807) is 19.2 Å². The van der Waals surface area contributed by atoms with E-state index in [9.17, 15) is 10.1 Å². The molecule has 0 aromatic heterocycles. The van der Waals surface area contributed by atoms with Crippen LogP contribution in [0.3, 0.4) is 0 Å². The van der Waals surface area contributed by atoms with Gasteiger partial charge in [0, 0.05) is 37.9 Å². The highest BCUT2D eigenvalue weighted by atomic mass is 16.6. The van der Waals surface area contributed by atoms with Crippen molar-refractivity contribution in [3.63, 3.8) is 0 Å². The molecular formula is C15H24N2O4. The summed E-state index contributed by atoms with van der Waals surface area (Å²) in [4.78, 5) is 10.5. The molecule has 1 atom stereocenters. The average molecular weight is 296 g/mol. The summed E-state index contributed by atoms with van der Waals surface area (Å²) in [5.41, 5.74) is 0.873. The molecule has 0 fully saturated rings. The number of ether oxygens (including phenoxy) is 2. The molecule has 1 aromatic carbocycles. The number of non-ortho nitro benzene ring substituents is 1. The van der Waals surface area contributed by atoms with Crippen LogP contribution < -0.4 is 10.1 Å². The highest BCUT2D eigenvalue weighted by Crippen LogP contribution is 2.24. The zero-order valence-electron chi connectivity index (χ0n) is 12.9. The van der Waals surface area contributed by atoms with Crippen LogP contribution in [0.5, 0.6) is 5.75 Å². The van der Waals surface area contributed by atoms with Crippen LogP contribution in [0.1, 0.15) is 25.8 Å². The fraction of sp³-hybridized carbons (Fsp3) is 0.600. The Kier molecular flexibility index (Phi) is 7.71. The third-order valence-electron chi connectivity index (χ3n) is 3.27. The van der Waals surface area contributed by atoms with E-state index < -0.39 is 4.92 Å². The summed E-state index contributed by atoms with van der Waals surface area (Å²) in [6.07, 6.45) is 1.04. The number of nitrogens with zero attached hydrogens (tertiary/aromatic N) is 1. The second-order valence-electron chi connectivity index (χ2n) is 5.04. The Bertz CT molecular complexity index is 451. The Hall–Kier alpha value is -1.66. The Morgan fingerprint density at radius 3 is 2.81 bits per heavy atom. The molecule has 0 heterocycles. The molecule has 0 aliphatic rings. The van der Waals surface area contributed by atoms with E-state index in [0.29, 0.717) is 38.0 Å². The maximum absolute atomic E-state index is 10.9. The number of hydrogen-bond acceptors (Lipinski definition) is 5. The molecule has 0 aliphatic carbocycles. The van der Waals surface area contributed by atoms with Gasteiger partial charge >= 0.3 is 0 Å². The van der Waals surface area contributed by atoms with Crippen molar-refractivity contribution in [2.45, 2.75) is 26.8 Å². The predicted molar refractivity (Wildman–Crippen MR) is 81.6 cm³/mol. The number of rotatable bonds is 10. The molecule has 1 aromatic rings. The van der Waals surface area contributed by atoms with Gasteiger partial charge in [0.05, 0.1) is 18.1 Å². The standard InChI is InChI=1S/C15H24N2O4/c1-4-12(2)11-21-15-6-5-14(17(18)19)9-13(15)10-16-7-8-20-3/h5-6,9,12,16H,4,7-8,10-11H2,1-3H3. The normalized spacial score (nSPS) is 12.1. The minimum Gasteiger partial charge on any atom is -0.493 e. The molecule has 21 heavy (non-hydrogen) atoms. The lowest BCUT2D eigenvalue weighted by Crippen LogP contribution is -2.19. The monoisotopic (exact) mass is 296 g/mol. The van der Waals surface area contributed by atoms with Gasteiger partial charge in [-0.2, -0.15) is 0 Å². The molecule has 0 bridgehead atoms. The van der Waals surface area contributed by atoms with E-state index in [1.165, 1.54) is 6.07 Å². The minimum atomic E-state index is -0.392. The minimum absolute atomic E-state index is 0.0782. The molecule has 0 amide bonds. The SMILES string of the molecule is CCC(C)COc1ccc([N+](=O)[O-])cc1CNCCOC. The van der Waals surface area contributed by atoms with Gasteiger partial charge in [-0.15, -0.1) is 0 Å². The van der Waals surface area contributed by atoms with Crippen LogP contribution in [0.25, 0.3) is 0 Å². The van der Waals surface area contributed by atoms with Gasteiger partial charge in [0.15, 0.2) is 0 Å². The summed E-state index contributed by atoms with van der Waals surface area (Å²) in [6.45, 7) is 6.63. The fourth-order valence-electron chi connectivity index (χ4n) is 1.71. The Morgan fingerprint density at radius 1 is 1.43 bits per heavy atom. The first-order valence-electron chi connectivity index (χ1n) is 7.18. The van der Waals surface area contributed by atoms with Crippen molar-refractivity contribution in [3.05, 3.63) is 33.9 Å². The van der Waals surface area contributed by atoms with Gasteiger partial charge in [0.1, 0.15) is 5.75 Å². The Labute approximate surface area is 125 Å². The molecule has 1 rings (SSSR count). The first-order valence-corrected chi connectivity index (χ1v) is 7.18. The lowest BCUT2D eigenvalue weighted by atomic mass is 10.1. The van der Waals surface area contributed by atoms with Crippen LogP contribution in [0.2, 0.25) is 0 Å². The summed E-state index contributed by atoms with van der Waals surface area (Å²) in [5, 5.41) is 14.1. The van der Waals surface area contributed by atoms with Crippen LogP contribution in [-0.2, 0) is 11.3 Å². The predicted octanol–water partition coefficient (Wildman–Crippen LogP) is 2.76. The zero-order valence-corrected chi connectivity index (χ0v) is 12.9. The van der Waals surface area contributed by atoms with Gasteiger partial charge in [-0.05, 0) is 12.0 Å². The third kappa shape index (κ3) is 6.10. The quantitative estimate of drug-likeness (QED) is 0.408. The van der Waals surface area contributed by atoms with Crippen molar-refractivity contribution >= 4 is 5.69 Å². The van der Waals surface area contributed by atoms with Gasteiger partial charge in [0.25, 0.3) is 5.69 Å². The van der Waals surface area contributed by atoms with E-state index in [2.05, 4.69) is 19.2 Å². The fourth-order valence-corrected chi connectivity index (χ4v) is 1.71. The van der Waals surface area contributed by atoms with Gasteiger partial charge in [-0.3, -0.25) is 10.1 Å². The van der Waals surface area contributed by atoms with Crippen molar-refractivity contribution in [1.29, 1.82) is 0 Å². The van der Waals surface area contributed by atoms with Crippen LogP contribution in [-0.4, -0.2) is 31.8 Å². The number of benzene rings is 1. The van der Waals surface area contributed by atoms with Crippen molar-refractivity contribution in [3.8, 4) is 5.75 Å². The molecule has 0 saturated heterocycles. The van der Waals surface area contributed by atoms with Crippen molar-refractivity contribution < 1.29 is 14.4 Å². The highest BCUT2D eigenvalue weighted by molar-refractivity contribution is 5.43. The van der Waals surface area contributed by atoms with E-state index >= 15 is 0 Å². The molecule has 0 aliphatic heterocycles. The number of methoxy groups -OCH3 is 1. The number of hydrogen-bond donors (Lipinski definition) is 1. The maximum Gasteiger partial charge on any atom is 0.270 e. The lowest BCUT2D eigenvalue weighted by Gasteiger charge is -2.15. The lowest BCUT2D eigenvalue weighted by molar-refractivity contribution is -0.384. The van der Waals surface area contributed by atoms with Crippen molar-refractivity contribution in [1.82, 2.24) is 5.32 Å². The van der Waals surface area contributed by atoms with Gasteiger partial charge in [-0.1, -0.05) is 20.3 Å². The smallest absolute Gasteiger partial charge is 0.270 e. The second-order valence-corrected chi connectivity index (χ2v) is 5.04. The van der Waals surface area contributed by atoms with Crippen LogP contribution in [0, 0.1) is 16.0 Å². The average Bonchev–Trinajstić information content (AvgIpc) is 2.49. The molecule has 6 nitrogen and oxygen atoms in total. The molecule has 0 radical (unpaired) electrons. The van der Waals surface area contributed by atoms with E-state index in [1.807, 2.05) is 0 Å². The molecular weight excluding hydrogens is 272 g/mol. The topological polar surface area (TPSA) is 73.6 Å². The largest absolute Gasteiger partial charge is 0.493 e. The van der Waals surface area contributed by atoms with Gasteiger partial charge < -0.3 is 14.8 Å². The Balaban J connectivity index is 2.76. The van der Waals surface area contributed by atoms with Gasteiger partial charge in [0.2, 0.25) is 0 Å².